The number of esters is 3. The molecule has 0 aromatic rings. The summed E-state index contributed by atoms with van der Waals surface area (Å²) in [6, 6.07) is 0. The zero-order chi connectivity index (χ0) is 59.2. The number of ether oxygens (including phenoxy) is 3. The van der Waals surface area contributed by atoms with Crippen LogP contribution in [0.2, 0.25) is 0 Å². The lowest BCUT2D eigenvalue weighted by atomic mass is 10.0. The van der Waals surface area contributed by atoms with Crippen LogP contribution in [0.5, 0.6) is 0 Å². The Morgan fingerprint density at radius 1 is 0.256 bits per heavy atom. The maximum absolute atomic E-state index is 13.0. The average molecular weight is 1140 g/mol. The van der Waals surface area contributed by atoms with Gasteiger partial charge in [-0.05, 0) is 103 Å². The van der Waals surface area contributed by atoms with E-state index in [0.29, 0.717) is 19.3 Å². The summed E-state index contributed by atoms with van der Waals surface area (Å²) in [5.74, 6) is -0.912. The summed E-state index contributed by atoms with van der Waals surface area (Å²) in [6.45, 7) is 6.43. The molecule has 1 atom stereocenters. The lowest BCUT2D eigenvalue weighted by molar-refractivity contribution is -0.167. The first-order chi connectivity index (χ1) is 40.5. The van der Waals surface area contributed by atoms with Gasteiger partial charge in [0.05, 0.1) is 0 Å². The van der Waals surface area contributed by atoms with E-state index in [1.807, 2.05) is 0 Å². The van der Waals surface area contributed by atoms with Gasteiger partial charge in [-0.1, -0.05) is 323 Å². The second-order valence-electron chi connectivity index (χ2n) is 23.0. The van der Waals surface area contributed by atoms with Gasteiger partial charge < -0.3 is 14.2 Å². The minimum atomic E-state index is -0.799. The van der Waals surface area contributed by atoms with E-state index in [9.17, 15) is 14.4 Å². The third kappa shape index (κ3) is 66.9. The van der Waals surface area contributed by atoms with Crippen LogP contribution in [0, 0.1) is 0 Å². The molecule has 0 aliphatic carbocycles. The topological polar surface area (TPSA) is 78.9 Å². The zero-order valence-electron chi connectivity index (χ0n) is 54.0. The van der Waals surface area contributed by atoms with Crippen molar-refractivity contribution in [2.24, 2.45) is 0 Å². The van der Waals surface area contributed by atoms with Crippen LogP contribution in [-0.2, 0) is 28.6 Å². The summed E-state index contributed by atoms with van der Waals surface area (Å²) >= 11 is 0. The van der Waals surface area contributed by atoms with E-state index >= 15 is 0 Å². The van der Waals surface area contributed by atoms with Crippen LogP contribution in [0.15, 0.2) is 109 Å². The van der Waals surface area contributed by atoms with E-state index in [0.717, 1.165) is 135 Å². The number of rotatable bonds is 63. The van der Waals surface area contributed by atoms with Gasteiger partial charge in [-0.2, -0.15) is 0 Å². The van der Waals surface area contributed by atoms with Gasteiger partial charge in [-0.3, -0.25) is 14.4 Å². The fourth-order valence-corrected chi connectivity index (χ4v) is 9.88. The molecule has 6 heteroatoms. The summed E-state index contributed by atoms with van der Waals surface area (Å²) in [5.41, 5.74) is 0. The van der Waals surface area contributed by atoms with Crippen molar-refractivity contribution in [2.45, 2.75) is 341 Å². The first-order valence-corrected chi connectivity index (χ1v) is 34.9. The largest absolute Gasteiger partial charge is 0.462 e. The number of carbonyl (C=O) groups is 3. The molecule has 0 aliphatic rings. The van der Waals surface area contributed by atoms with Crippen molar-refractivity contribution >= 4 is 17.9 Å². The highest BCUT2D eigenvalue weighted by molar-refractivity contribution is 5.71. The number of allylic oxidation sites excluding steroid dienone is 18. The van der Waals surface area contributed by atoms with Crippen molar-refractivity contribution in [3.8, 4) is 0 Å². The first kappa shape index (κ1) is 78.1. The molecular weight excluding hydrogens is 1010 g/mol. The maximum atomic E-state index is 13.0. The molecule has 0 bridgehead atoms. The molecule has 82 heavy (non-hydrogen) atoms. The summed E-state index contributed by atoms with van der Waals surface area (Å²) in [7, 11) is 0. The molecule has 0 saturated carbocycles. The van der Waals surface area contributed by atoms with Gasteiger partial charge in [-0.25, -0.2) is 0 Å². The summed E-state index contributed by atoms with van der Waals surface area (Å²) < 4.78 is 17.0. The van der Waals surface area contributed by atoms with Crippen molar-refractivity contribution in [1.29, 1.82) is 0 Å². The third-order valence-electron chi connectivity index (χ3n) is 15.0. The lowest BCUT2D eigenvalue weighted by Gasteiger charge is -2.18. The van der Waals surface area contributed by atoms with Crippen LogP contribution in [0.4, 0.5) is 0 Å². The van der Waals surface area contributed by atoms with E-state index in [1.165, 1.54) is 161 Å². The minimum Gasteiger partial charge on any atom is -0.462 e. The monoisotopic (exact) mass is 1140 g/mol. The van der Waals surface area contributed by atoms with Gasteiger partial charge in [0.2, 0.25) is 0 Å². The van der Waals surface area contributed by atoms with Crippen molar-refractivity contribution < 1.29 is 28.6 Å². The normalized spacial score (nSPS) is 12.8. The second-order valence-corrected chi connectivity index (χ2v) is 23.0. The molecule has 0 aliphatic heterocycles. The van der Waals surface area contributed by atoms with Gasteiger partial charge in [0.15, 0.2) is 6.10 Å². The van der Waals surface area contributed by atoms with Crippen molar-refractivity contribution in [1.82, 2.24) is 0 Å². The van der Waals surface area contributed by atoms with Crippen molar-refractivity contribution in [3.05, 3.63) is 109 Å². The van der Waals surface area contributed by atoms with E-state index in [4.69, 9.17) is 14.2 Å². The Morgan fingerprint density at radius 2 is 0.476 bits per heavy atom. The molecule has 0 fully saturated rings. The Morgan fingerprint density at radius 3 is 0.744 bits per heavy atom. The van der Waals surface area contributed by atoms with Gasteiger partial charge in [0.1, 0.15) is 13.2 Å². The summed E-state index contributed by atoms with van der Waals surface area (Å²) in [5, 5.41) is 0. The molecule has 0 radical (unpaired) electrons. The van der Waals surface area contributed by atoms with Gasteiger partial charge >= 0.3 is 17.9 Å². The Bertz CT molecular complexity index is 1640. The Labute approximate surface area is 508 Å². The first-order valence-electron chi connectivity index (χ1n) is 34.9. The number of hydrogen-bond donors (Lipinski definition) is 0. The van der Waals surface area contributed by atoms with Gasteiger partial charge in [0.25, 0.3) is 0 Å². The van der Waals surface area contributed by atoms with E-state index in [1.54, 1.807) is 0 Å². The number of carbonyl (C=O) groups excluding carboxylic acids is 3. The summed E-state index contributed by atoms with van der Waals surface area (Å²) in [6.07, 6.45) is 95.4. The van der Waals surface area contributed by atoms with Gasteiger partial charge in [-0.15, -0.1) is 0 Å². The van der Waals surface area contributed by atoms with E-state index in [2.05, 4.69) is 130 Å². The lowest BCUT2D eigenvalue weighted by Crippen LogP contribution is -2.30. The fourth-order valence-electron chi connectivity index (χ4n) is 9.88. The molecule has 0 rings (SSSR count). The second kappa shape index (κ2) is 69.6. The molecule has 0 saturated heterocycles. The highest BCUT2D eigenvalue weighted by Gasteiger charge is 2.19. The Hall–Kier alpha value is -3.93. The molecule has 0 N–H and O–H groups in total. The van der Waals surface area contributed by atoms with Crippen LogP contribution in [0.1, 0.15) is 335 Å². The standard InChI is InChI=1S/C76H130O6/c1-4-7-10-13-16-19-22-25-28-31-33-35-37-39-40-42-45-48-51-54-57-60-63-66-69-75(78)81-72-73(71-80-74(77)68-65-62-59-56-53-50-47-44-30-27-24-21-18-15-12-9-6-3)82-76(79)70-67-64-61-58-55-52-49-46-43-41-38-36-34-32-29-26-23-20-17-14-11-8-5-2/h8-9,11-12,17-18,20-21,26-27,29-30,34,36,41,43,49,52,73H,4-7,10,13-16,19,22-25,28,31-33,35,37-40,42,44-48,50-51,53-72H2,1-3H3/b11-8-,12-9-,20-17-,21-18-,29-26-,30-27-,36-34-,43-41-,52-49-. The maximum Gasteiger partial charge on any atom is 0.306 e. The molecule has 0 spiro atoms. The highest BCUT2D eigenvalue weighted by Crippen LogP contribution is 2.17. The minimum absolute atomic E-state index is 0.0903. The molecule has 0 amide bonds. The fraction of sp³-hybridized carbons (Fsp3) is 0.724. The SMILES string of the molecule is CC/C=C\C/C=C\C/C=C\C/C=C\C/C=C\C/C=C\CCCCCCC(=O)OC(COC(=O)CCCCCCCCC/C=C\C/C=C\C/C=C\CC)COC(=O)CCCCCCCCCCCCCCCCCCCCCCCCCC. The van der Waals surface area contributed by atoms with E-state index < -0.39 is 6.10 Å². The average Bonchev–Trinajstić information content (AvgIpc) is 3.47. The quantitative estimate of drug-likeness (QED) is 0.0261. The molecule has 470 valence electrons. The zero-order valence-corrected chi connectivity index (χ0v) is 54.0. The van der Waals surface area contributed by atoms with Gasteiger partial charge in [0, 0.05) is 19.3 Å². The predicted octanol–water partition coefficient (Wildman–Crippen LogP) is 24.2. The molecule has 6 nitrogen and oxygen atoms in total. The predicted molar refractivity (Wildman–Crippen MR) is 357 cm³/mol. The van der Waals surface area contributed by atoms with Crippen LogP contribution in [0.3, 0.4) is 0 Å². The van der Waals surface area contributed by atoms with Crippen LogP contribution < -0.4 is 0 Å². The van der Waals surface area contributed by atoms with Crippen molar-refractivity contribution in [2.75, 3.05) is 13.2 Å². The number of unbranched alkanes of at least 4 members (excludes halogenated alkanes) is 34. The smallest absolute Gasteiger partial charge is 0.306 e. The van der Waals surface area contributed by atoms with Crippen LogP contribution >= 0.6 is 0 Å². The van der Waals surface area contributed by atoms with Crippen LogP contribution in [-0.4, -0.2) is 37.2 Å². The Kier molecular flexibility index (Phi) is 66.2. The third-order valence-corrected chi connectivity index (χ3v) is 15.0. The van der Waals surface area contributed by atoms with Crippen molar-refractivity contribution in [3.63, 3.8) is 0 Å². The molecule has 0 heterocycles. The summed E-state index contributed by atoms with van der Waals surface area (Å²) in [4.78, 5) is 38.5. The molecular formula is C76H130O6. The molecule has 0 aromatic heterocycles. The molecule has 0 aromatic carbocycles. The molecule has 1 unspecified atom stereocenters. The number of hydrogen-bond acceptors (Lipinski definition) is 6. The Balaban J connectivity index is 4.40. The van der Waals surface area contributed by atoms with Crippen LogP contribution in [0.25, 0.3) is 0 Å². The highest BCUT2D eigenvalue weighted by atomic mass is 16.6. The van der Waals surface area contributed by atoms with E-state index in [-0.39, 0.29) is 31.1 Å².